The first-order valence-corrected chi connectivity index (χ1v) is 7.15. The van der Waals surface area contributed by atoms with Crippen LogP contribution in [0.1, 0.15) is 18.6 Å². The molecule has 2 atom stereocenters. The maximum atomic E-state index is 11.6. The van der Waals surface area contributed by atoms with E-state index in [-0.39, 0.29) is 24.9 Å². The minimum absolute atomic E-state index is 0.0825. The molecular formula is C14H19ClN2O4. The van der Waals surface area contributed by atoms with Crippen molar-refractivity contribution < 1.29 is 19.4 Å². The summed E-state index contributed by atoms with van der Waals surface area (Å²) >= 11 is 6.11. The van der Waals surface area contributed by atoms with Gasteiger partial charge in [-0.25, -0.2) is 0 Å². The number of nitrogens with two attached hydrogens (primary N) is 1. The van der Waals surface area contributed by atoms with Gasteiger partial charge in [0.25, 0.3) is 0 Å². The number of hydrogen-bond donors (Lipinski definition) is 3. The van der Waals surface area contributed by atoms with Crippen molar-refractivity contribution in [3.05, 3.63) is 22.7 Å². The lowest BCUT2D eigenvalue weighted by atomic mass is 10.1. The number of amides is 1. The molecule has 1 aliphatic rings. The molecule has 1 amide bonds. The van der Waals surface area contributed by atoms with Crippen molar-refractivity contribution in [1.29, 1.82) is 0 Å². The number of aliphatic hydroxyl groups is 1. The number of aliphatic hydroxyl groups excluding tert-OH is 1. The van der Waals surface area contributed by atoms with Gasteiger partial charge in [0.1, 0.15) is 13.2 Å². The summed E-state index contributed by atoms with van der Waals surface area (Å²) in [6, 6.07) is 3.28. The van der Waals surface area contributed by atoms with Gasteiger partial charge in [-0.2, -0.15) is 0 Å². The topological polar surface area (TPSA) is 93.8 Å². The Morgan fingerprint density at radius 2 is 2.19 bits per heavy atom. The van der Waals surface area contributed by atoms with Crippen LogP contribution in [0.3, 0.4) is 0 Å². The van der Waals surface area contributed by atoms with E-state index in [1.54, 1.807) is 19.1 Å². The molecule has 0 aromatic heterocycles. The van der Waals surface area contributed by atoms with Crippen LogP contribution in [0.4, 0.5) is 0 Å². The molecule has 0 radical (unpaired) electrons. The van der Waals surface area contributed by atoms with Crippen LogP contribution in [0.2, 0.25) is 5.02 Å². The molecule has 21 heavy (non-hydrogen) atoms. The third-order valence-corrected chi connectivity index (χ3v) is 3.56. The Morgan fingerprint density at radius 1 is 1.48 bits per heavy atom. The predicted octanol–water partition coefficient (Wildman–Crippen LogP) is 0.856. The van der Waals surface area contributed by atoms with Crippen molar-refractivity contribution in [2.75, 3.05) is 26.3 Å². The molecule has 0 fully saturated rings. The normalized spacial score (nSPS) is 16.2. The fraction of sp³-hybridized carbons (Fsp3) is 0.500. The highest BCUT2D eigenvalue weighted by molar-refractivity contribution is 6.32. The fourth-order valence-electron chi connectivity index (χ4n) is 1.92. The van der Waals surface area contributed by atoms with Crippen LogP contribution in [0.5, 0.6) is 11.5 Å². The molecule has 0 bridgehead atoms. The van der Waals surface area contributed by atoms with Crippen LogP contribution in [-0.2, 0) is 4.79 Å². The molecule has 0 saturated carbocycles. The van der Waals surface area contributed by atoms with Gasteiger partial charge in [-0.05, 0) is 17.7 Å². The van der Waals surface area contributed by atoms with Crippen molar-refractivity contribution in [3.8, 4) is 11.5 Å². The Kier molecular flexibility index (Phi) is 5.27. The lowest BCUT2D eigenvalue weighted by molar-refractivity contribution is -0.124. The summed E-state index contributed by atoms with van der Waals surface area (Å²) in [7, 11) is 0. The van der Waals surface area contributed by atoms with E-state index in [1.807, 2.05) is 0 Å². The first kappa shape index (κ1) is 15.9. The maximum Gasteiger partial charge on any atom is 0.224 e. The van der Waals surface area contributed by atoms with Gasteiger partial charge >= 0.3 is 0 Å². The van der Waals surface area contributed by atoms with Crippen LogP contribution in [0, 0.1) is 5.92 Å². The van der Waals surface area contributed by atoms with Gasteiger partial charge in [0.05, 0.1) is 11.1 Å². The summed E-state index contributed by atoms with van der Waals surface area (Å²) in [6.45, 7) is 2.95. The number of hydrogen-bond acceptors (Lipinski definition) is 5. The zero-order valence-electron chi connectivity index (χ0n) is 11.8. The summed E-state index contributed by atoms with van der Waals surface area (Å²) in [4.78, 5) is 11.6. The molecule has 0 saturated heterocycles. The zero-order valence-corrected chi connectivity index (χ0v) is 12.5. The van der Waals surface area contributed by atoms with E-state index >= 15 is 0 Å². The van der Waals surface area contributed by atoms with Gasteiger partial charge in [-0.1, -0.05) is 18.5 Å². The summed E-state index contributed by atoms with van der Waals surface area (Å²) in [5, 5.41) is 13.2. The van der Waals surface area contributed by atoms with Gasteiger partial charge in [-0.15, -0.1) is 0 Å². The Balaban J connectivity index is 2.04. The average molecular weight is 315 g/mol. The quantitative estimate of drug-likeness (QED) is 0.749. The van der Waals surface area contributed by atoms with E-state index in [9.17, 15) is 9.90 Å². The highest BCUT2D eigenvalue weighted by Gasteiger charge is 2.20. The van der Waals surface area contributed by atoms with Crippen molar-refractivity contribution >= 4 is 17.5 Å². The van der Waals surface area contributed by atoms with Crippen molar-refractivity contribution in [2.24, 2.45) is 11.7 Å². The smallest absolute Gasteiger partial charge is 0.224 e. The van der Waals surface area contributed by atoms with Crippen LogP contribution >= 0.6 is 11.6 Å². The van der Waals surface area contributed by atoms with Gasteiger partial charge in [0.15, 0.2) is 11.5 Å². The standard InChI is InChI=1S/C14H19ClN2O4/c1-8(6-16)14(19)17-7-11(18)9-4-10(15)13-12(5-9)20-2-3-21-13/h4-5,8,11,18H,2-3,6-7,16H2,1H3,(H,17,19). The summed E-state index contributed by atoms with van der Waals surface area (Å²) in [5.74, 6) is 0.505. The van der Waals surface area contributed by atoms with Gasteiger partial charge in [-0.3, -0.25) is 4.79 Å². The molecule has 6 nitrogen and oxygen atoms in total. The fourth-order valence-corrected chi connectivity index (χ4v) is 2.19. The number of benzene rings is 1. The SMILES string of the molecule is CC(CN)C(=O)NCC(O)c1cc(Cl)c2c(c1)OCCO2. The molecule has 1 aromatic carbocycles. The van der Waals surface area contributed by atoms with Crippen LogP contribution in [0.15, 0.2) is 12.1 Å². The highest BCUT2D eigenvalue weighted by atomic mass is 35.5. The molecule has 7 heteroatoms. The summed E-state index contributed by atoms with van der Waals surface area (Å²) in [5.41, 5.74) is 5.98. The zero-order chi connectivity index (χ0) is 15.4. The molecule has 1 aliphatic heterocycles. The number of carbonyl (C=O) groups excluding carboxylic acids is 1. The first-order chi connectivity index (χ1) is 10.0. The number of nitrogens with one attached hydrogen (secondary N) is 1. The number of carbonyl (C=O) groups is 1. The lowest BCUT2D eigenvalue weighted by Crippen LogP contribution is -2.35. The molecular weight excluding hydrogens is 296 g/mol. The molecule has 2 rings (SSSR count). The van der Waals surface area contributed by atoms with Gasteiger partial charge in [0, 0.05) is 19.0 Å². The van der Waals surface area contributed by atoms with Gasteiger partial charge < -0.3 is 25.6 Å². The monoisotopic (exact) mass is 314 g/mol. The Morgan fingerprint density at radius 3 is 2.90 bits per heavy atom. The van der Waals surface area contributed by atoms with E-state index in [1.165, 1.54) is 0 Å². The largest absolute Gasteiger partial charge is 0.486 e. The second-order valence-electron chi connectivity index (χ2n) is 4.92. The third-order valence-electron chi connectivity index (χ3n) is 3.27. The Bertz CT molecular complexity index is 524. The van der Waals surface area contributed by atoms with Crippen molar-refractivity contribution in [1.82, 2.24) is 5.32 Å². The molecule has 1 aromatic rings. The van der Waals surface area contributed by atoms with E-state index in [2.05, 4.69) is 5.32 Å². The minimum Gasteiger partial charge on any atom is -0.486 e. The van der Waals surface area contributed by atoms with Crippen LogP contribution in [-0.4, -0.2) is 37.3 Å². The number of fused-ring (bicyclic) bond motifs is 1. The number of ether oxygens (including phenoxy) is 2. The minimum atomic E-state index is -0.882. The average Bonchev–Trinajstić information content (AvgIpc) is 2.51. The van der Waals surface area contributed by atoms with E-state index in [4.69, 9.17) is 26.8 Å². The summed E-state index contributed by atoms with van der Waals surface area (Å²) in [6.07, 6.45) is -0.882. The first-order valence-electron chi connectivity index (χ1n) is 6.77. The second kappa shape index (κ2) is 6.98. The Labute approximate surface area is 128 Å². The maximum absolute atomic E-state index is 11.6. The summed E-state index contributed by atoms with van der Waals surface area (Å²) < 4.78 is 10.9. The van der Waals surface area contributed by atoms with Gasteiger partial charge in [0.2, 0.25) is 5.91 Å². The molecule has 116 valence electrons. The van der Waals surface area contributed by atoms with E-state index in [0.717, 1.165) is 0 Å². The molecule has 0 spiro atoms. The Hall–Kier alpha value is -1.50. The van der Waals surface area contributed by atoms with Crippen molar-refractivity contribution in [3.63, 3.8) is 0 Å². The number of halogens is 1. The second-order valence-corrected chi connectivity index (χ2v) is 5.33. The third kappa shape index (κ3) is 3.78. The van der Waals surface area contributed by atoms with Crippen LogP contribution < -0.4 is 20.5 Å². The van der Waals surface area contributed by atoms with E-state index < -0.39 is 6.10 Å². The molecule has 1 heterocycles. The van der Waals surface area contributed by atoms with E-state index in [0.29, 0.717) is 35.3 Å². The molecule has 0 aliphatic carbocycles. The van der Waals surface area contributed by atoms with Crippen molar-refractivity contribution in [2.45, 2.75) is 13.0 Å². The highest BCUT2D eigenvalue weighted by Crippen LogP contribution is 2.39. The van der Waals surface area contributed by atoms with Crippen LogP contribution in [0.25, 0.3) is 0 Å². The predicted molar refractivity (Wildman–Crippen MR) is 78.6 cm³/mol. The lowest BCUT2D eigenvalue weighted by Gasteiger charge is -2.22. The molecule has 4 N–H and O–H groups in total. The number of rotatable bonds is 5. The molecule has 2 unspecified atom stereocenters.